The van der Waals surface area contributed by atoms with Crippen LogP contribution in [0.2, 0.25) is 5.02 Å². The molecule has 0 aliphatic carbocycles. The summed E-state index contributed by atoms with van der Waals surface area (Å²) in [6, 6.07) is 0.319. The van der Waals surface area contributed by atoms with Gasteiger partial charge in [0.2, 0.25) is 5.95 Å². The van der Waals surface area contributed by atoms with Gasteiger partial charge in [0.25, 0.3) is 0 Å². The van der Waals surface area contributed by atoms with E-state index >= 15 is 0 Å². The molecule has 0 amide bonds. The van der Waals surface area contributed by atoms with Crippen LogP contribution in [-0.2, 0) is 0 Å². The first-order chi connectivity index (χ1) is 10.1. The smallest absolute Gasteiger partial charge is 0.222 e. The quantitative estimate of drug-likeness (QED) is 0.693. The van der Waals surface area contributed by atoms with Crippen molar-refractivity contribution >= 4 is 23.4 Å². The third kappa shape index (κ3) is 4.43. The monoisotopic (exact) mass is 313 g/mol. The van der Waals surface area contributed by atoms with Gasteiger partial charge in [0, 0.05) is 19.1 Å². The zero-order chi connectivity index (χ0) is 15.2. The van der Waals surface area contributed by atoms with Gasteiger partial charge >= 0.3 is 0 Å². The molecule has 1 aliphatic rings. The second-order valence-electron chi connectivity index (χ2n) is 5.48. The number of halogens is 1. The molecule has 1 atom stereocenters. The van der Waals surface area contributed by atoms with Crippen LogP contribution in [0.25, 0.3) is 0 Å². The molecule has 1 fully saturated rings. The molecule has 0 aromatic carbocycles. The Labute approximate surface area is 130 Å². The average molecular weight is 314 g/mol. The van der Waals surface area contributed by atoms with Gasteiger partial charge in [0.15, 0.2) is 5.82 Å². The first kappa shape index (κ1) is 16.3. The van der Waals surface area contributed by atoms with E-state index in [9.17, 15) is 5.11 Å². The molecule has 1 aromatic heterocycles. The third-order valence-electron chi connectivity index (χ3n) is 3.91. The van der Waals surface area contributed by atoms with E-state index in [1.807, 2.05) is 6.92 Å². The Morgan fingerprint density at radius 3 is 3.00 bits per heavy atom. The summed E-state index contributed by atoms with van der Waals surface area (Å²) < 4.78 is 0. The lowest BCUT2D eigenvalue weighted by molar-refractivity contribution is 0.0901. The summed E-state index contributed by atoms with van der Waals surface area (Å²) in [5, 5.41) is 13.1. The van der Waals surface area contributed by atoms with Crippen LogP contribution in [-0.4, -0.2) is 52.3 Å². The van der Waals surface area contributed by atoms with Gasteiger partial charge in [-0.15, -0.1) is 0 Å². The van der Waals surface area contributed by atoms with Gasteiger partial charge < -0.3 is 16.2 Å². The molecular formula is C14H24ClN5O. The van der Waals surface area contributed by atoms with Gasteiger partial charge in [-0.25, -0.2) is 4.98 Å². The van der Waals surface area contributed by atoms with Crippen molar-refractivity contribution in [3.05, 3.63) is 10.7 Å². The molecule has 0 saturated carbocycles. The molecule has 2 heterocycles. The Balaban J connectivity index is 1.79. The number of hydrogen-bond donors (Lipinski definition) is 3. The zero-order valence-electron chi connectivity index (χ0n) is 12.5. The first-order valence-electron chi connectivity index (χ1n) is 7.50. The Morgan fingerprint density at radius 2 is 2.24 bits per heavy atom. The number of aryl methyl sites for hydroxylation is 1. The van der Waals surface area contributed by atoms with Crippen molar-refractivity contribution in [3.63, 3.8) is 0 Å². The van der Waals surface area contributed by atoms with E-state index in [1.54, 1.807) is 0 Å². The SMILES string of the molecule is Cc1nc(N)nc(NCCCN2CCCCC2CO)c1Cl. The van der Waals surface area contributed by atoms with Gasteiger partial charge in [-0.05, 0) is 32.7 Å². The van der Waals surface area contributed by atoms with Gasteiger partial charge in [0.1, 0.15) is 5.02 Å². The largest absolute Gasteiger partial charge is 0.395 e. The summed E-state index contributed by atoms with van der Waals surface area (Å²) >= 11 is 6.15. The molecule has 0 radical (unpaired) electrons. The van der Waals surface area contributed by atoms with Crippen LogP contribution in [0, 0.1) is 6.92 Å². The molecule has 0 bridgehead atoms. The predicted molar refractivity (Wildman–Crippen MR) is 85.6 cm³/mol. The highest BCUT2D eigenvalue weighted by Crippen LogP contribution is 2.23. The summed E-state index contributed by atoms with van der Waals surface area (Å²) in [5.74, 6) is 0.829. The number of aliphatic hydroxyl groups excluding tert-OH is 1. The lowest BCUT2D eigenvalue weighted by Gasteiger charge is -2.34. The fourth-order valence-electron chi connectivity index (χ4n) is 2.75. The highest BCUT2D eigenvalue weighted by Gasteiger charge is 2.20. The number of nitrogens with zero attached hydrogens (tertiary/aromatic N) is 3. The number of nitrogens with one attached hydrogen (secondary N) is 1. The topological polar surface area (TPSA) is 87.3 Å². The number of rotatable bonds is 6. The average Bonchev–Trinajstić information content (AvgIpc) is 2.48. The van der Waals surface area contributed by atoms with Crippen LogP contribution < -0.4 is 11.1 Å². The Morgan fingerprint density at radius 1 is 1.43 bits per heavy atom. The molecule has 0 spiro atoms. The second-order valence-corrected chi connectivity index (χ2v) is 5.86. The van der Waals surface area contributed by atoms with E-state index in [1.165, 1.54) is 12.8 Å². The highest BCUT2D eigenvalue weighted by atomic mass is 35.5. The number of nitrogen functional groups attached to an aromatic ring is 1. The minimum atomic E-state index is 0.232. The Hall–Kier alpha value is -1.11. The number of likely N-dealkylation sites (tertiary alicyclic amines) is 1. The fourth-order valence-corrected chi connectivity index (χ4v) is 2.90. The van der Waals surface area contributed by atoms with Crippen molar-refractivity contribution in [1.29, 1.82) is 0 Å². The molecule has 1 saturated heterocycles. The molecule has 21 heavy (non-hydrogen) atoms. The first-order valence-corrected chi connectivity index (χ1v) is 7.88. The molecule has 1 aromatic rings. The van der Waals surface area contributed by atoms with E-state index in [0.29, 0.717) is 22.6 Å². The van der Waals surface area contributed by atoms with Crippen molar-refractivity contribution in [2.75, 3.05) is 37.3 Å². The predicted octanol–water partition coefficient (Wildman–Crippen LogP) is 1.67. The summed E-state index contributed by atoms with van der Waals surface area (Å²) in [4.78, 5) is 10.5. The number of piperidine rings is 1. The number of anilines is 2. The highest BCUT2D eigenvalue weighted by molar-refractivity contribution is 6.33. The van der Waals surface area contributed by atoms with Crippen LogP contribution in [0.5, 0.6) is 0 Å². The molecule has 1 aliphatic heterocycles. The van der Waals surface area contributed by atoms with E-state index in [2.05, 4.69) is 20.2 Å². The molecule has 4 N–H and O–H groups in total. The number of hydrogen-bond acceptors (Lipinski definition) is 6. The number of nitrogens with two attached hydrogens (primary N) is 1. The number of aromatic nitrogens is 2. The van der Waals surface area contributed by atoms with E-state index in [4.69, 9.17) is 17.3 Å². The zero-order valence-corrected chi connectivity index (χ0v) is 13.2. The van der Waals surface area contributed by atoms with Crippen LogP contribution in [0.4, 0.5) is 11.8 Å². The second kappa shape index (κ2) is 7.77. The summed E-state index contributed by atoms with van der Waals surface area (Å²) in [7, 11) is 0. The third-order valence-corrected chi connectivity index (χ3v) is 4.36. The van der Waals surface area contributed by atoms with Crippen molar-refractivity contribution in [1.82, 2.24) is 14.9 Å². The maximum Gasteiger partial charge on any atom is 0.222 e. The van der Waals surface area contributed by atoms with E-state index in [0.717, 1.165) is 32.5 Å². The number of aliphatic hydroxyl groups is 1. The lowest BCUT2D eigenvalue weighted by Crippen LogP contribution is -2.42. The lowest BCUT2D eigenvalue weighted by atomic mass is 10.0. The van der Waals surface area contributed by atoms with Gasteiger partial charge in [-0.3, -0.25) is 4.90 Å². The molecule has 7 heteroatoms. The minimum Gasteiger partial charge on any atom is -0.395 e. The van der Waals surface area contributed by atoms with Gasteiger partial charge in [-0.1, -0.05) is 18.0 Å². The fraction of sp³-hybridized carbons (Fsp3) is 0.714. The Kier molecular flexibility index (Phi) is 6.02. The molecule has 118 valence electrons. The minimum absolute atomic E-state index is 0.232. The van der Waals surface area contributed by atoms with Gasteiger partial charge in [-0.2, -0.15) is 4.98 Å². The van der Waals surface area contributed by atoms with Crippen molar-refractivity contribution in [3.8, 4) is 0 Å². The van der Waals surface area contributed by atoms with Crippen molar-refractivity contribution < 1.29 is 5.11 Å². The van der Waals surface area contributed by atoms with Gasteiger partial charge in [0.05, 0.1) is 12.3 Å². The Bertz CT molecular complexity index is 471. The normalized spacial score (nSPS) is 19.7. The van der Waals surface area contributed by atoms with Crippen molar-refractivity contribution in [2.24, 2.45) is 0 Å². The van der Waals surface area contributed by atoms with Crippen LogP contribution >= 0.6 is 11.6 Å². The van der Waals surface area contributed by atoms with Crippen molar-refractivity contribution in [2.45, 2.75) is 38.6 Å². The van der Waals surface area contributed by atoms with Crippen LogP contribution in [0.15, 0.2) is 0 Å². The van der Waals surface area contributed by atoms with Crippen LogP contribution in [0.3, 0.4) is 0 Å². The van der Waals surface area contributed by atoms with Crippen LogP contribution in [0.1, 0.15) is 31.4 Å². The molecular weight excluding hydrogens is 290 g/mol. The maximum atomic E-state index is 9.39. The maximum absolute atomic E-state index is 9.39. The molecule has 6 nitrogen and oxygen atoms in total. The standard InChI is InChI=1S/C14H24ClN5O/c1-10-12(15)13(19-14(16)18-10)17-6-4-8-20-7-3-2-5-11(20)9-21/h11,21H,2-9H2,1H3,(H3,16,17,18,19). The summed E-state index contributed by atoms with van der Waals surface area (Å²) in [6.07, 6.45) is 4.50. The van der Waals surface area contributed by atoms with E-state index in [-0.39, 0.29) is 12.6 Å². The molecule has 1 unspecified atom stereocenters. The van der Waals surface area contributed by atoms with E-state index < -0.39 is 0 Å². The summed E-state index contributed by atoms with van der Waals surface area (Å²) in [5.41, 5.74) is 6.31. The summed E-state index contributed by atoms with van der Waals surface area (Å²) in [6.45, 7) is 4.87. The molecule has 2 rings (SSSR count).